The summed E-state index contributed by atoms with van der Waals surface area (Å²) < 4.78 is 6.82. The van der Waals surface area contributed by atoms with Crippen LogP contribution in [0.1, 0.15) is 31.4 Å². The van der Waals surface area contributed by atoms with E-state index in [0.29, 0.717) is 19.6 Å². The smallest absolute Gasteiger partial charge is 0.223 e. The van der Waals surface area contributed by atoms with Gasteiger partial charge >= 0.3 is 0 Å². The van der Waals surface area contributed by atoms with Gasteiger partial charge in [0, 0.05) is 17.1 Å². The lowest BCUT2D eigenvalue weighted by atomic mass is 10.0. The van der Waals surface area contributed by atoms with Crippen molar-refractivity contribution in [2.75, 3.05) is 13.2 Å². The van der Waals surface area contributed by atoms with Gasteiger partial charge < -0.3 is 15.8 Å². The van der Waals surface area contributed by atoms with E-state index in [1.54, 1.807) is 0 Å². The number of ether oxygens (including phenoxy) is 1. The van der Waals surface area contributed by atoms with Crippen molar-refractivity contribution >= 4 is 21.8 Å². The van der Waals surface area contributed by atoms with E-state index in [9.17, 15) is 4.79 Å². The Labute approximate surface area is 129 Å². The topological polar surface area (TPSA) is 64.3 Å². The van der Waals surface area contributed by atoms with Crippen LogP contribution in [0, 0.1) is 6.92 Å². The monoisotopic (exact) mass is 342 g/mol. The van der Waals surface area contributed by atoms with Gasteiger partial charge in [-0.3, -0.25) is 4.79 Å². The Bertz CT molecular complexity index is 461. The number of rotatable bonds is 7. The Balaban J connectivity index is 2.74. The third-order valence-electron chi connectivity index (χ3n) is 2.81. The molecule has 0 fully saturated rings. The van der Waals surface area contributed by atoms with Gasteiger partial charge in [0.15, 0.2) is 0 Å². The fourth-order valence-corrected chi connectivity index (χ4v) is 2.66. The van der Waals surface area contributed by atoms with E-state index in [2.05, 4.69) is 21.2 Å². The Morgan fingerprint density at radius 3 is 2.80 bits per heavy atom. The summed E-state index contributed by atoms with van der Waals surface area (Å²) in [5.41, 5.74) is 7.99. The van der Waals surface area contributed by atoms with Gasteiger partial charge in [-0.05, 0) is 50.5 Å². The van der Waals surface area contributed by atoms with Crippen LogP contribution in [0.5, 0.6) is 5.75 Å². The molecule has 5 heteroatoms. The van der Waals surface area contributed by atoms with E-state index in [4.69, 9.17) is 10.5 Å². The molecule has 1 rings (SSSR count). The third-order valence-corrected chi connectivity index (χ3v) is 3.27. The van der Waals surface area contributed by atoms with Gasteiger partial charge in [-0.1, -0.05) is 15.9 Å². The highest BCUT2D eigenvalue weighted by molar-refractivity contribution is 9.10. The van der Waals surface area contributed by atoms with Crippen molar-refractivity contribution < 1.29 is 9.53 Å². The average Bonchev–Trinajstić information content (AvgIpc) is 2.32. The first kappa shape index (κ1) is 17.0. The molecular formula is C15H23BrN2O2. The van der Waals surface area contributed by atoms with E-state index >= 15 is 0 Å². The molecule has 0 radical (unpaired) electrons. The van der Waals surface area contributed by atoms with Crippen LogP contribution in [0.2, 0.25) is 0 Å². The zero-order chi connectivity index (χ0) is 15.1. The minimum Gasteiger partial charge on any atom is -0.492 e. The lowest BCUT2D eigenvalue weighted by Gasteiger charge is -2.16. The van der Waals surface area contributed by atoms with Crippen LogP contribution in [0.4, 0.5) is 0 Å². The minimum absolute atomic E-state index is 0.0102. The van der Waals surface area contributed by atoms with Crippen LogP contribution in [-0.4, -0.2) is 25.1 Å². The first-order valence-corrected chi connectivity index (χ1v) is 7.67. The molecule has 0 saturated carbocycles. The molecule has 1 aromatic rings. The second kappa shape index (κ2) is 8.27. The lowest BCUT2D eigenvalue weighted by molar-refractivity contribution is -0.121. The number of nitrogens with one attached hydrogen (secondary N) is 1. The zero-order valence-electron chi connectivity index (χ0n) is 12.3. The zero-order valence-corrected chi connectivity index (χ0v) is 13.9. The summed E-state index contributed by atoms with van der Waals surface area (Å²) in [6.07, 6.45) is 1.11. The molecule has 4 nitrogen and oxygen atoms in total. The molecular weight excluding hydrogens is 320 g/mol. The summed E-state index contributed by atoms with van der Waals surface area (Å²) in [5, 5.41) is 2.76. The Morgan fingerprint density at radius 2 is 2.20 bits per heavy atom. The quantitative estimate of drug-likeness (QED) is 0.800. The van der Waals surface area contributed by atoms with E-state index in [0.717, 1.165) is 27.8 Å². The van der Waals surface area contributed by atoms with Crippen LogP contribution in [0.25, 0.3) is 0 Å². The van der Waals surface area contributed by atoms with Crippen LogP contribution in [0.3, 0.4) is 0 Å². The molecule has 0 heterocycles. The number of amides is 1. The standard InChI is InChI=1S/C15H23BrN2O2/c1-4-18-14(19)5-6-20-15-10(2)7-13(16)9-12(15)8-11(3)17/h7,9,11H,4-6,8,17H2,1-3H3,(H,18,19). The molecule has 1 atom stereocenters. The summed E-state index contributed by atoms with van der Waals surface area (Å²) in [4.78, 5) is 11.4. The minimum atomic E-state index is 0.0102. The van der Waals surface area contributed by atoms with Crippen molar-refractivity contribution in [3.05, 3.63) is 27.7 Å². The first-order valence-electron chi connectivity index (χ1n) is 6.88. The molecule has 0 bridgehead atoms. The molecule has 1 amide bonds. The number of hydrogen-bond acceptors (Lipinski definition) is 3. The van der Waals surface area contributed by atoms with E-state index in [1.165, 1.54) is 0 Å². The molecule has 3 N–H and O–H groups in total. The van der Waals surface area contributed by atoms with Crippen LogP contribution in [-0.2, 0) is 11.2 Å². The highest BCUT2D eigenvalue weighted by Crippen LogP contribution is 2.29. The van der Waals surface area contributed by atoms with Crippen molar-refractivity contribution in [2.45, 2.75) is 39.7 Å². The van der Waals surface area contributed by atoms with E-state index in [-0.39, 0.29) is 11.9 Å². The molecule has 1 aromatic carbocycles. The van der Waals surface area contributed by atoms with Crippen LogP contribution < -0.4 is 15.8 Å². The van der Waals surface area contributed by atoms with Gasteiger partial charge in [0.05, 0.1) is 13.0 Å². The maximum absolute atomic E-state index is 11.4. The second-order valence-corrected chi connectivity index (χ2v) is 5.86. The lowest BCUT2D eigenvalue weighted by Crippen LogP contribution is -2.24. The normalized spacial score (nSPS) is 12.1. The van der Waals surface area contributed by atoms with Crippen molar-refractivity contribution in [3.63, 3.8) is 0 Å². The predicted molar refractivity (Wildman–Crippen MR) is 85.0 cm³/mol. The fraction of sp³-hybridized carbons (Fsp3) is 0.533. The molecule has 0 aliphatic heterocycles. The molecule has 0 saturated heterocycles. The summed E-state index contributed by atoms with van der Waals surface area (Å²) in [6.45, 7) is 6.89. The van der Waals surface area contributed by atoms with Crippen LogP contribution >= 0.6 is 15.9 Å². The molecule has 0 aliphatic carbocycles. The van der Waals surface area contributed by atoms with Crippen molar-refractivity contribution in [1.82, 2.24) is 5.32 Å². The number of halogens is 1. The molecule has 1 unspecified atom stereocenters. The van der Waals surface area contributed by atoms with Gasteiger partial charge in [-0.15, -0.1) is 0 Å². The van der Waals surface area contributed by atoms with Crippen molar-refractivity contribution in [3.8, 4) is 5.75 Å². The first-order chi connectivity index (χ1) is 9.43. The van der Waals surface area contributed by atoms with Crippen molar-refractivity contribution in [2.24, 2.45) is 5.73 Å². The fourth-order valence-electron chi connectivity index (χ4n) is 2.04. The van der Waals surface area contributed by atoms with E-state index < -0.39 is 0 Å². The van der Waals surface area contributed by atoms with Crippen LogP contribution in [0.15, 0.2) is 16.6 Å². The second-order valence-electron chi connectivity index (χ2n) is 4.94. The SMILES string of the molecule is CCNC(=O)CCOc1c(C)cc(Br)cc1CC(C)N. The summed E-state index contributed by atoms with van der Waals surface area (Å²) in [5.74, 6) is 0.853. The van der Waals surface area contributed by atoms with Gasteiger partial charge in [0.1, 0.15) is 5.75 Å². The number of nitrogens with two attached hydrogens (primary N) is 1. The number of carbonyl (C=O) groups is 1. The maximum Gasteiger partial charge on any atom is 0.223 e. The molecule has 0 aliphatic rings. The number of carbonyl (C=O) groups excluding carboxylic acids is 1. The summed E-state index contributed by atoms with van der Waals surface area (Å²) in [6, 6.07) is 4.10. The number of hydrogen-bond donors (Lipinski definition) is 2. The largest absolute Gasteiger partial charge is 0.492 e. The van der Waals surface area contributed by atoms with E-state index in [1.807, 2.05) is 32.9 Å². The van der Waals surface area contributed by atoms with Gasteiger partial charge in [-0.25, -0.2) is 0 Å². The van der Waals surface area contributed by atoms with Crippen molar-refractivity contribution in [1.29, 1.82) is 0 Å². The number of benzene rings is 1. The number of aryl methyl sites for hydroxylation is 1. The Hall–Kier alpha value is -1.07. The summed E-state index contributed by atoms with van der Waals surface area (Å²) in [7, 11) is 0. The molecule has 112 valence electrons. The average molecular weight is 343 g/mol. The maximum atomic E-state index is 11.4. The third kappa shape index (κ3) is 5.51. The Kier molecular flexibility index (Phi) is 7.02. The van der Waals surface area contributed by atoms with Gasteiger partial charge in [0.2, 0.25) is 5.91 Å². The molecule has 0 spiro atoms. The summed E-state index contributed by atoms with van der Waals surface area (Å²) >= 11 is 3.49. The van der Waals surface area contributed by atoms with Gasteiger partial charge in [-0.2, -0.15) is 0 Å². The highest BCUT2D eigenvalue weighted by Gasteiger charge is 2.11. The predicted octanol–water partition coefficient (Wildman–Crippen LogP) is 2.55. The molecule has 20 heavy (non-hydrogen) atoms. The highest BCUT2D eigenvalue weighted by atomic mass is 79.9. The van der Waals surface area contributed by atoms with Gasteiger partial charge in [0.25, 0.3) is 0 Å². The Morgan fingerprint density at radius 1 is 1.50 bits per heavy atom. The molecule has 0 aromatic heterocycles.